The van der Waals surface area contributed by atoms with Gasteiger partial charge in [0, 0.05) is 28.5 Å². The molecule has 1 amide bonds. The highest BCUT2D eigenvalue weighted by Crippen LogP contribution is 2.41. The molecular formula is C22H25F2NO3S. The van der Waals surface area contributed by atoms with Crippen LogP contribution in [0.3, 0.4) is 0 Å². The molecule has 4 nitrogen and oxygen atoms in total. The first-order valence-corrected chi connectivity index (χ1v) is 10.7. The smallest absolute Gasteiger partial charge is 0.338 e. The summed E-state index contributed by atoms with van der Waals surface area (Å²) < 4.78 is 27.5. The molecule has 3 rings (SSSR count). The van der Waals surface area contributed by atoms with Crippen molar-refractivity contribution in [2.45, 2.75) is 52.5 Å². The number of benzene rings is 1. The number of hydrogen-bond acceptors (Lipinski definition) is 3. The van der Waals surface area contributed by atoms with Crippen LogP contribution in [-0.4, -0.2) is 23.0 Å². The van der Waals surface area contributed by atoms with Crippen LogP contribution in [0.1, 0.15) is 56.8 Å². The van der Waals surface area contributed by atoms with E-state index in [4.69, 9.17) is 0 Å². The Morgan fingerprint density at radius 2 is 1.79 bits per heavy atom. The first-order chi connectivity index (χ1) is 13.7. The summed E-state index contributed by atoms with van der Waals surface area (Å²) in [6.45, 7) is 5.85. The summed E-state index contributed by atoms with van der Waals surface area (Å²) in [5, 5.41) is 10.0. The fourth-order valence-electron chi connectivity index (χ4n) is 3.83. The number of rotatable bonds is 5. The number of carboxylic acids is 1. The van der Waals surface area contributed by atoms with Gasteiger partial charge in [-0.05, 0) is 63.6 Å². The van der Waals surface area contributed by atoms with Gasteiger partial charge in [0.2, 0.25) is 5.91 Å². The van der Waals surface area contributed by atoms with Crippen molar-refractivity contribution >= 4 is 28.2 Å². The SMILES string of the molecule is CC(C)N(c1sc(-c2ccc(F)cc2F)cc1C(=O)O)C(=O)[C@H]1CC[C@H](C)CC1. The zero-order valence-electron chi connectivity index (χ0n) is 16.7. The van der Waals surface area contributed by atoms with Crippen molar-refractivity contribution in [3.8, 4) is 10.4 Å². The quantitative estimate of drug-likeness (QED) is 0.648. The summed E-state index contributed by atoms with van der Waals surface area (Å²) in [6.07, 6.45) is 3.53. The number of halogens is 2. The van der Waals surface area contributed by atoms with Gasteiger partial charge in [0.15, 0.2) is 0 Å². The molecular weight excluding hydrogens is 396 g/mol. The first-order valence-electron chi connectivity index (χ1n) is 9.84. The molecule has 156 valence electrons. The van der Waals surface area contributed by atoms with Crippen LogP contribution in [0.5, 0.6) is 0 Å². The summed E-state index contributed by atoms with van der Waals surface area (Å²) >= 11 is 1.05. The molecule has 1 heterocycles. The molecule has 0 unspecified atom stereocenters. The van der Waals surface area contributed by atoms with Crippen LogP contribution in [0.25, 0.3) is 10.4 Å². The molecule has 0 radical (unpaired) electrons. The third kappa shape index (κ3) is 4.50. The summed E-state index contributed by atoms with van der Waals surface area (Å²) in [6, 6.07) is 4.31. The van der Waals surface area contributed by atoms with E-state index in [1.165, 1.54) is 12.1 Å². The lowest BCUT2D eigenvalue weighted by atomic mass is 9.82. The Bertz CT molecular complexity index is 917. The fourth-order valence-corrected chi connectivity index (χ4v) is 5.14. The van der Waals surface area contributed by atoms with Crippen LogP contribution < -0.4 is 4.90 Å². The van der Waals surface area contributed by atoms with Crippen molar-refractivity contribution in [3.63, 3.8) is 0 Å². The number of anilines is 1. The number of amides is 1. The Kier molecular flexibility index (Phi) is 6.36. The highest BCUT2D eigenvalue weighted by Gasteiger charge is 2.33. The third-order valence-corrected chi connectivity index (χ3v) is 6.64. The predicted octanol–water partition coefficient (Wildman–Crippen LogP) is 5.96. The molecule has 1 aromatic heterocycles. The van der Waals surface area contributed by atoms with Gasteiger partial charge >= 0.3 is 5.97 Å². The number of aromatic carboxylic acids is 1. The molecule has 1 N–H and O–H groups in total. The minimum atomic E-state index is -1.18. The van der Waals surface area contributed by atoms with Crippen molar-refractivity contribution < 1.29 is 23.5 Å². The Morgan fingerprint density at radius 3 is 2.34 bits per heavy atom. The Morgan fingerprint density at radius 1 is 1.14 bits per heavy atom. The van der Waals surface area contributed by atoms with Gasteiger partial charge in [-0.15, -0.1) is 11.3 Å². The lowest BCUT2D eigenvalue weighted by molar-refractivity contribution is -0.123. The second-order valence-corrected chi connectivity index (χ2v) is 9.05. The number of carbonyl (C=O) groups excluding carboxylic acids is 1. The maximum Gasteiger partial charge on any atom is 0.338 e. The van der Waals surface area contributed by atoms with E-state index in [1.54, 1.807) is 4.90 Å². The summed E-state index contributed by atoms with van der Waals surface area (Å²) in [4.78, 5) is 27.1. The second-order valence-electron chi connectivity index (χ2n) is 8.02. The zero-order valence-corrected chi connectivity index (χ0v) is 17.6. The maximum absolute atomic E-state index is 14.3. The molecule has 0 atom stereocenters. The lowest BCUT2D eigenvalue weighted by Crippen LogP contribution is -2.42. The summed E-state index contributed by atoms with van der Waals surface area (Å²) in [5.74, 6) is -2.27. The maximum atomic E-state index is 14.3. The van der Waals surface area contributed by atoms with Gasteiger partial charge in [-0.25, -0.2) is 13.6 Å². The number of carbonyl (C=O) groups is 2. The van der Waals surface area contributed by atoms with E-state index in [-0.39, 0.29) is 29.0 Å². The monoisotopic (exact) mass is 421 g/mol. The van der Waals surface area contributed by atoms with E-state index in [1.807, 2.05) is 13.8 Å². The van der Waals surface area contributed by atoms with Gasteiger partial charge in [-0.2, -0.15) is 0 Å². The van der Waals surface area contributed by atoms with Crippen molar-refractivity contribution in [3.05, 3.63) is 41.5 Å². The molecule has 29 heavy (non-hydrogen) atoms. The largest absolute Gasteiger partial charge is 0.478 e. The van der Waals surface area contributed by atoms with E-state index >= 15 is 0 Å². The van der Waals surface area contributed by atoms with Crippen molar-refractivity contribution in [2.24, 2.45) is 11.8 Å². The van der Waals surface area contributed by atoms with Crippen molar-refractivity contribution in [1.82, 2.24) is 0 Å². The number of thiophene rings is 1. The van der Waals surface area contributed by atoms with Crippen LogP contribution in [0.2, 0.25) is 0 Å². The molecule has 2 aromatic rings. The minimum Gasteiger partial charge on any atom is -0.478 e. The second kappa shape index (κ2) is 8.61. The van der Waals surface area contributed by atoms with E-state index in [0.717, 1.165) is 49.2 Å². The summed E-state index contributed by atoms with van der Waals surface area (Å²) in [5.41, 5.74) is 0.0766. The van der Waals surface area contributed by atoms with Crippen LogP contribution in [0, 0.1) is 23.5 Å². The molecule has 0 bridgehead atoms. The van der Waals surface area contributed by atoms with Gasteiger partial charge < -0.3 is 10.0 Å². The Balaban J connectivity index is 2.02. The highest BCUT2D eigenvalue weighted by atomic mass is 32.1. The van der Waals surface area contributed by atoms with Crippen LogP contribution in [-0.2, 0) is 4.79 Å². The van der Waals surface area contributed by atoms with E-state index in [9.17, 15) is 23.5 Å². The molecule has 0 saturated heterocycles. The molecule has 1 saturated carbocycles. The average molecular weight is 422 g/mol. The van der Waals surface area contributed by atoms with Crippen LogP contribution >= 0.6 is 11.3 Å². The van der Waals surface area contributed by atoms with Gasteiger partial charge in [-0.3, -0.25) is 4.79 Å². The number of hydrogen-bond donors (Lipinski definition) is 1. The van der Waals surface area contributed by atoms with Gasteiger partial charge in [0.25, 0.3) is 0 Å². The van der Waals surface area contributed by atoms with Crippen molar-refractivity contribution in [2.75, 3.05) is 4.90 Å². The van der Waals surface area contributed by atoms with Crippen LogP contribution in [0.4, 0.5) is 13.8 Å². The van der Waals surface area contributed by atoms with Gasteiger partial charge in [0.1, 0.15) is 16.6 Å². The van der Waals surface area contributed by atoms with Crippen molar-refractivity contribution in [1.29, 1.82) is 0 Å². The fraction of sp³-hybridized carbons (Fsp3) is 0.455. The average Bonchev–Trinajstić information content (AvgIpc) is 3.06. The Hall–Kier alpha value is -2.28. The molecule has 0 spiro atoms. The standard InChI is InChI=1S/C22H25F2NO3S/c1-12(2)25(20(26)14-6-4-13(3)5-7-14)21-17(22(27)28)11-19(29-21)16-9-8-15(23)10-18(16)24/h8-14H,4-7H2,1-3H3,(H,27,28)/t13-,14-. The highest BCUT2D eigenvalue weighted by molar-refractivity contribution is 7.20. The minimum absolute atomic E-state index is 0.0417. The molecule has 1 aliphatic rings. The third-order valence-electron chi connectivity index (χ3n) is 5.48. The first kappa shape index (κ1) is 21.4. The number of nitrogens with zero attached hydrogens (tertiary/aromatic N) is 1. The van der Waals surface area contributed by atoms with E-state index in [0.29, 0.717) is 15.8 Å². The van der Waals surface area contributed by atoms with Crippen LogP contribution in [0.15, 0.2) is 24.3 Å². The normalized spacial score (nSPS) is 19.4. The van der Waals surface area contributed by atoms with Gasteiger partial charge in [0.05, 0.1) is 5.56 Å². The Labute approximate surface area is 173 Å². The predicted molar refractivity (Wildman–Crippen MR) is 110 cm³/mol. The topological polar surface area (TPSA) is 57.6 Å². The lowest BCUT2D eigenvalue weighted by Gasteiger charge is -2.33. The van der Waals surface area contributed by atoms with E-state index in [2.05, 4.69) is 6.92 Å². The van der Waals surface area contributed by atoms with E-state index < -0.39 is 17.6 Å². The number of carboxylic acid groups (broad SMARTS) is 1. The van der Waals surface area contributed by atoms with Gasteiger partial charge in [-0.1, -0.05) is 6.92 Å². The molecule has 1 aliphatic carbocycles. The summed E-state index contributed by atoms with van der Waals surface area (Å²) in [7, 11) is 0. The molecule has 1 aromatic carbocycles. The zero-order chi connectivity index (χ0) is 21.3. The molecule has 0 aliphatic heterocycles. The molecule has 7 heteroatoms. The molecule has 1 fully saturated rings.